The van der Waals surface area contributed by atoms with E-state index in [0.717, 1.165) is 12.2 Å². The Morgan fingerprint density at radius 3 is 2.15 bits per heavy atom. The summed E-state index contributed by atoms with van der Waals surface area (Å²) in [7, 11) is -0.750. The number of hydrogen-bond acceptors (Lipinski definition) is 1. The first-order valence-corrected chi connectivity index (χ1v) is 9.48. The number of rotatable bonds is 3. The summed E-state index contributed by atoms with van der Waals surface area (Å²) in [4.78, 5) is 0. The van der Waals surface area contributed by atoms with Crippen molar-refractivity contribution in [2.75, 3.05) is 0 Å². The van der Waals surface area contributed by atoms with Gasteiger partial charge in [-0.15, -0.1) is 0 Å². The van der Waals surface area contributed by atoms with Crippen molar-refractivity contribution < 1.29 is 29.7 Å². The van der Waals surface area contributed by atoms with Crippen LogP contribution in [0.4, 0.5) is 0 Å². The molecule has 2 N–H and O–H groups in total. The van der Waals surface area contributed by atoms with E-state index in [2.05, 4.69) is 87.5 Å². The maximum Gasteiger partial charge on any atom is 2.00 e. The van der Waals surface area contributed by atoms with Crippen LogP contribution in [0.5, 0.6) is 5.75 Å². The Morgan fingerprint density at radius 2 is 1.54 bits per heavy atom. The van der Waals surface area contributed by atoms with Crippen LogP contribution in [0.3, 0.4) is 0 Å². The normalized spacial score (nSPS) is 17.7. The molecule has 0 aromatic heterocycles. The molecule has 3 rings (SSSR count). The number of hydrogen-bond donors (Lipinski definition) is 0. The summed E-state index contributed by atoms with van der Waals surface area (Å²) in [6, 6.07) is 19.1. The van der Waals surface area contributed by atoms with E-state index in [1.165, 1.54) is 10.9 Å². The van der Waals surface area contributed by atoms with Crippen LogP contribution in [0.2, 0.25) is 0 Å². The number of para-hydroxylation sites is 1. The second-order valence-corrected chi connectivity index (χ2v) is 10.3. The van der Waals surface area contributed by atoms with Gasteiger partial charge >= 0.3 is 19.5 Å². The molecule has 0 saturated carbocycles. The molecule has 0 fully saturated rings. The van der Waals surface area contributed by atoms with E-state index < -0.39 is 7.92 Å². The monoisotopic (exact) mass is 462 g/mol. The van der Waals surface area contributed by atoms with Gasteiger partial charge in [0.1, 0.15) is 5.30 Å². The predicted octanol–water partition coefficient (Wildman–Crippen LogP) is 5.22. The van der Waals surface area contributed by atoms with Crippen LogP contribution in [0.1, 0.15) is 32.8 Å². The summed E-state index contributed by atoms with van der Waals surface area (Å²) in [6.07, 6.45) is 5.45. The average Bonchev–Trinajstić information content (AvgIpc) is 2.86. The standard InChI is InChI=1S/C20H23OP.2CH3.H2O.Rh/c1-20(2,3)22-18-14-8-7-13-17(18)21-19(22)15-9-12-16-10-5-4-6-11-16;;;;/h4-14,19H,15H2,1-3H3;2*1H3;1H2;/q;2*-1;;+2/p+1/b12-9+;;;;/t19-,22?;;;;/m1..../s1. The Balaban J connectivity index is 0. The zero-order chi connectivity index (χ0) is 15.6. The molecule has 0 spiro atoms. The predicted molar refractivity (Wildman–Crippen MR) is 115 cm³/mol. The van der Waals surface area contributed by atoms with E-state index in [0.29, 0.717) is 11.0 Å². The fourth-order valence-electron chi connectivity index (χ4n) is 3.12. The Hall–Kier alpha value is -1.01. The van der Waals surface area contributed by atoms with Crippen LogP contribution < -0.4 is 10.0 Å². The largest absolute Gasteiger partial charge is 2.00 e. The van der Waals surface area contributed by atoms with Gasteiger partial charge in [0, 0.05) is 6.42 Å². The van der Waals surface area contributed by atoms with Gasteiger partial charge in [0.15, 0.2) is 5.75 Å². The average molecular weight is 462 g/mol. The van der Waals surface area contributed by atoms with E-state index in [9.17, 15) is 0 Å². The molecule has 1 unspecified atom stereocenters. The zero-order valence-corrected chi connectivity index (χ0v) is 19.0. The van der Waals surface area contributed by atoms with Crippen molar-refractivity contribution in [2.45, 2.75) is 38.2 Å². The number of fused-ring (bicyclic) bond motifs is 1. The summed E-state index contributed by atoms with van der Waals surface area (Å²) >= 11 is 0. The molecule has 0 saturated heterocycles. The molecule has 1 aliphatic heterocycles. The Labute approximate surface area is 173 Å². The summed E-state index contributed by atoms with van der Waals surface area (Å²) < 4.78 is 6.28. The SMILES string of the molecule is CC(C)(C)[PH+]1c2ccccc2O[C@H]1C/C=C/c1ccccc1.O.[CH3-].[CH3-].[Rh+2]. The molecule has 0 bridgehead atoms. The Bertz CT molecular complexity index is 665. The maximum absolute atomic E-state index is 6.28. The minimum absolute atomic E-state index is 0. The molecule has 1 aliphatic rings. The third kappa shape index (κ3) is 6.31. The van der Waals surface area contributed by atoms with E-state index in [4.69, 9.17) is 4.74 Å². The summed E-state index contributed by atoms with van der Waals surface area (Å²) in [5, 5.41) is 1.75. The molecule has 2 aromatic carbocycles. The molecular weight excluding hydrogens is 430 g/mol. The first-order chi connectivity index (χ1) is 10.6. The molecular formula is C22H32O2PRh+. The molecule has 2 nitrogen and oxygen atoms in total. The summed E-state index contributed by atoms with van der Waals surface area (Å²) in [6.45, 7) is 7.04. The quantitative estimate of drug-likeness (QED) is 0.350. The summed E-state index contributed by atoms with van der Waals surface area (Å²) in [5.41, 5.74) is 1.25. The summed E-state index contributed by atoms with van der Waals surface area (Å²) in [5.74, 6) is 1.42. The van der Waals surface area contributed by atoms with Gasteiger partial charge in [0.2, 0.25) is 5.85 Å². The van der Waals surface area contributed by atoms with Gasteiger partial charge in [-0.1, -0.05) is 54.6 Å². The minimum Gasteiger partial charge on any atom is -0.452 e. The van der Waals surface area contributed by atoms with E-state index in [-0.39, 0.29) is 39.8 Å². The van der Waals surface area contributed by atoms with Crippen molar-refractivity contribution in [2.24, 2.45) is 0 Å². The van der Waals surface area contributed by atoms with Crippen molar-refractivity contribution in [1.82, 2.24) is 0 Å². The van der Waals surface area contributed by atoms with Crippen molar-refractivity contribution in [3.8, 4) is 5.75 Å². The van der Waals surface area contributed by atoms with Gasteiger partial charge < -0.3 is 25.1 Å². The van der Waals surface area contributed by atoms with Crippen LogP contribution in [-0.4, -0.2) is 16.5 Å². The van der Waals surface area contributed by atoms with Crippen molar-refractivity contribution in [3.05, 3.63) is 81.1 Å². The van der Waals surface area contributed by atoms with E-state index in [1.807, 2.05) is 0 Å². The maximum atomic E-state index is 6.28. The molecule has 1 heterocycles. The second-order valence-electron chi connectivity index (χ2n) is 6.82. The van der Waals surface area contributed by atoms with Gasteiger partial charge in [-0.3, -0.25) is 0 Å². The van der Waals surface area contributed by atoms with Crippen LogP contribution >= 0.6 is 7.92 Å². The van der Waals surface area contributed by atoms with Crippen LogP contribution in [0.15, 0.2) is 60.7 Å². The van der Waals surface area contributed by atoms with Crippen molar-refractivity contribution in [1.29, 1.82) is 0 Å². The Morgan fingerprint density at radius 1 is 0.962 bits per heavy atom. The van der Waals surface area contributed by atoms with Gasteiger partial charge in [-0.2, -0.15) is 0 Å². The first-order valence-electron chi connectivity index (χ1n) is 7.91. The third-order valence-electron chi connectivity index (χ3n) is 4.04. The second kappa shape index (κ2) is 11.7. The van der Waals surface area contributed by atoms with Crippen LogP contribution in [0.25, 0.3) is 6.08 Å². The zero-order valence-electron chi connectivity index (χ0n) is 16.4. The number of ether oxygens (including phenoxy) is 1. The smallest absolute Gasteiger partial charge is 0.452 e. The van der Waals surface area contributed by atoms with Crippen molar-refractivity contribution >= 4 is 19.3 Å². The molecule has 1 radical (unpaired) electrons. The minimum atomic E-state index is -0.750. The molecule has 0 amide bonds. The van der Waals surface area contributed by atoms with Gasteiger partial charge in [0.05, 0.1) is 13.1 Å². The molecule has 145 valence electrons. The fourth-order valence-corrected chi connectivity index (χ4v) is 6.54. The third-order valence-corrected chi connectivity index (χ3v) is 7.64. The fraction of sp³-hybridized carbons (Fsp3) is 0.273. The first kappa shape index (κ1) is 27.2. The molecule has 4 heteroatoms. The van der Waals surface area contributed by atoms with Crippen LogP contribution in [-0.2, 0) is 19.5 Å². The topological polar surface area (TPSA) is 40.7 Å². The van der Waals surface area contributed by atoms with Crippen molar-refractivity contribution in [3.63, 3.8) is 0 Å². The van der Waals surface area contributed by atoms with Crippen LogP contribution in [0, 0.1) is 14.9 Å². The van der Waals surface area contributed by atoms with Gasteiger partial charge in [-0.25, -0.2) is 0 Å². The molecule has 26 heavy (non-hydrogen) atoms. The molecule has 0 aliphatic carbocycles. The van der Waals surface area contributed by atoms with Gasteiger partial charge in [-0.05, 0) is 38.5 Å². The molecule has 2 atom stereocenters. The number of benzene rings is 2. The molecule has 2 aromatic rings. The van der Waals surface area contributed by atoms with Gasteiger partial charge in [0.25, 0.3) is 0 Å². The van der Waals surface area contributed by atoms with E-state index >= 15 is 0 Å². The Kier molecular flexibility index (Phi) is 12.2. The van der Waals surface area contributed by atoms with E-state index in [1.54, 1.807) is 0 Å².